The van der Waals surface area contributed by atoms with E-state index >= 15 is 0 Å². The summed E-state index contributed by atoms with van der Waals surface area (Å²) in [4.78, 5) is 14.3. The largest absolute Gasteiger partial charge is 0.478 e. The first-order chi connectivity index (χ1) is 8.79. The fourth-order valence-electron chi connectivity index (χ4n) is 1.48. The molecular weight excluding hydrogens is 263 g/mol. The summed E-state index contributed by atoms with van der Waals surface area (Å²) in [5, 5.41) is 12.7. The van der Waals surface area contributed by atoms with Crippen molar-refractivity contribution in [1.29, 1.82) is 0 Å². The van der Waals surface area contributed by atoms with Crippen LogP contribution in [-0.4, -0.2) is 25.8 Å². The van der Waals surface area contributed by atoms with E-state index in [1.807, 2.05) is 0 Å². The number of hydrogen-bond donors (Lipinski definition) is 1. The summed E-state index contributed by atoms with van der Waals surface area (Å²) < 4.78 is 38.8. The van der Waals surface area contributed by atoms with E-state index in [0.29, 0.717) is 11.6 Å². The molecule has 2 heterocycles. The van der Waals surface area contributed by atoms with E-state index in [2.05, 4.69) is 10.1 Å². The molecule has 1 N–H and O–H groups in total. The Hall–Kier alpha value is -2.38. The molecule has 0 atom stereocenters. The minimum atomic E-state index is -4.64. The van der Waals surface area contributed by atoms with Crippen LogP contribution in [-0.2, 0) is 6.18 Å². The molecule has 0 amide bonds. The number of carboxylic acids is 1. The Kier molecular flexibility index (Phi) is 3.01. The zero-order valence-corrected chi connectivity index (χ0v) is 9.64. The maximum Gasteiger partial charge on any atom is 0.433 e. The van der Waals surface area contributed by atoms with Crippen molar-refractivity contribution in [3.63, 3.8) is 0 Å². The van der Waals surface area contributed by atoms with Crippen molar-refractivity contribution in [2.24, 2.45) is 0 Å². The van der Waals surface area contributed by atoms with Gasteiger partial charge in [0.1, 0.15) is 11.3 Å². The molecule has 0 fully saturated rings. The first kappa shape index (κ1) is 13.1. The molecule has 2 aromatic rings. The smallest absolute Gasteiger partial charge is 0.433 e. The zero-order valence-electron chi connectivity index (χ0n) is 9.64. The second-order valence-corrected chi connectivity index (χ2v) is 3.83. The van der Waals surface area contributed by atoms with Crippen LogP contribution in [0.1, 0.15) is 21.6 Å². The third-order valence-electron chi connectivity index (χ3n) is 2.32. The van der Waals surface area contributed by atoms with Gasteiger partial charge in [-0.1, -0.05) is 0 Å². The predicted octanol–water partition coefficient (Wildman–Crippen LogP) is 2.29. The fraction of sp³-hybridized carbons (Fsp3) is 0.182. The molecule has 8 heteroatoms. The van der Waals surface area contributed by atoms with Gasteiger partial charge >= 0.3 is 12.1 Å². The molecule has 5 nitrogen and oxygen atoms in total. The van der Waals surface area contributed by atoms with Gasteiger partial charge in [-0.25, -0.2) is 14.5 Å². The number of alkyl halides is 3. The van der Waals surface area contributed by atoms with E-state index < -0.39 is 17.8 Å². The van der Waals surface area contributed by atoms with Gasteiger partial charge in [0.15, 0.2) is 5.82 Å². The molecule has 2 rings (SSSR count). The van der Waals surface area contributed by atoms with Gasteiger partial charge in [-0.15, -0.1) is 0 Å². The van der Waals surface area contributed by atoms with Gasteiger partial charge in [-0.2, -0.15) is 18.3 Å². The van der Waals surface area contributed by atoms with Gasteiger partial charge in [-0.3, -0.25) is 0 Å². The van der Waals surface area contributed by atoms with Gasteiger partial charge in [0.2, 0.25) is 0 Å². The molecule has 19 heavy (non-hydrogen) atoms. The minimum Gasteiger partial charge on any atom is -0.478 e. The van der Waals surface area contributed by atoms with E-state index in [1.54, 1.807) is 6.92 Å². The number of halogens is 3. The van der Waals surface area contributed by atoms with Crippen LogP contribution in [0.5, 0.6) is 0 Å². The molecule has 0 aliphatic carbocycles. The molecule has 0 bridgehead atoms. The van der Waals surface area contributed by atoms with Crippen molar-refractivity contribution < 1.29 is 23.1 Å². The third-order valence-corrected chi connectivity index (χ3v) is 2.32. The topological polar surface area (TPSA) is 68.0 Å². The summed E-state index contributed by atoms with van der Waals surface area (Å²) in [6.45, 7) is 1.68. The van der Waals surface area contributed by atoms with E-state index in [-0.39, 0.29) is 11.4 Å². The molecule has 0 spiro atoms. The Morgan fingerprint density at radius 1 is 1.37 bits per heavy atom. The number of aromatic carboxylic acids is 1. The van der Waals surface area contributed by atoms with E-state index in [9.17, 15) is 18.0 Å². The molecule has 0 saturated heterocycles. The summed E-state index contributed by atoms with van der Waals surface area (Å²) in [6.07, 6.45) is -1.85. The first-order valence-electron chi connectivity index (χ1n) is 5.12. The monoisotopic (exact) mass is 271 g/mol. The van der Waals surface area contributed by atoms with Crippen LogP contribution >= 0.6 is 0 Å². The Bertz CT molecular complexity index is 634. The van der Waals surface area contributed by atoms with Crippen LogP contribution in [0.3, 0.4) is 0 Å². The summed E-state index contributed by atoms with van der Waals surface area (Å²) >= 11 is 0. The minimum absolute atomic E-state index is 0.351. The third kappa shape index (κ3) is 2.56. The lowest BCUT2D eigenvalue weighted by Crippen LogP contribution is -2.14. The normalized spacial score (nSPS) is 11.6. The highest BCUT2D eigenvalue weighted by molar-refractivity contribution is 5.91. The summed E-state index contributed by atoms with van der Waals surface area (Å²) in [7, 11) is 0. The molecule has 0 unspecified atom stereocenters. The van der Waals surface area contributed by atoms with Crippen molar-refractivity contribution in [3.8, 4) is 5.82 Å². The Labute approximate surface area is 105 Å². The standard InChI is InChI=1S/C11H8F3N3O2/c1-6-4-15-17(5-6)9-7(10(18)19)2-3-8(16-9)11(12,13)14/h2-5H,1H3,(H,18,19). The van der Waals surface area contributed by atoms with Crippen molar-refractivity contribution in [2.45, 2.75) is 13.1 Å². The number of carboxylic acid groups (broad SMARTS) is 1. The first-order valence-corrected chi connectivity index (χ1v) is 5.12. The SMILES string of the molecule is Cc1cnn(-c2nc(C(F)(F)F)ccc2C(=O)O)c1. The quantitative estimate of drug-likeness (QED) is 0.909. The predicted molar refractivity (Wildman–Crippen MR) is 58.1 cm³/mol. The molecule has 100 valence electrons. The van der Waals surface area contributed by atoms with Crippen molar-refractivity contribution in [1.82, 2.24) is 14.8 Å². The number of nitrogens with zero attached hydrogens (tertiary/aromatic N) is 3. The summed E-state index contributed by atoms with van der Waals surface area (Å²) in [5.41, 5.74) is -0.840. The summed E-state index contributed by atoms with van der Waals surface area (Å²) in [5.74, 6) is -1.74. The van der Waals surface area contributed by atoms with Gasteiger partial charge in [-0.05, 0) is 24.6 Å². The van der Waals surface area contributed by atoms with Crippen molar-refractivity contribution in [3.05, 3.63) is 41.3 Å². The number of aromatic nitrogens is 3. The molecular formula is C11H8F3N3O2. The molecule has 0 aromatic carbocycles. The Balaban J connectivity index is 2.64. The fourth-order valence-corrected chi connectivity index (χ4v) is 1.48. The van der Waals surface area contributed by atoms with Gasteiger partial charge in [0, 0.05) is 6.20 Å². The molecule has 0 radical (unpaired) electrons. The average molecular weight is 271 g/mol. The molecule has 0 aliphatic rings. The number of aryl methyl sites for hydroxylation is 1. The lowest BCUT2D eigenvalue weighted by Gasteiger charge is -2.10. The van der Waals surface area contributed by atoms with Gasteiger partial charge < -0.3 is 5.11 Å². The van der Waals surface area contributed by atoms with Crippen LogP contribution in [0.25, 0.3) is 5.82 Å². The zero-order chi connectivity index (χ0) is 14.2. The van der Waals surface area contributed by atoms with Crippen molar-refractivity contribution in [2.75, 3.05) is 0 Å². The highest BCUT2D eigenvalue weighted by atomic mass is 19.4. The van der Waals surface area contributed by atoms with Crippen LogP contribution in [0.15, 0.2) is 24.5 Å². The maximum absolute atomic E-state index is 12.6. The lowest BCUT2D eigenvalue weighted by atomic mass is 10.2. The second kappa shape index (κ2) is 4.38. The number of hydrogen-bond acceptors (Lipinski definition) is 3. The summed E-state index contributed by atoms with van der Waals surface area (Å²) in [6, 6.07) is 1.49. The van der Waals surface area contributed by atoms with Gasteiger partial charge in [0.25, 0.3) is 0 Å². The molecule has 2 aromatic heterocycles. The highest BCUT2D eigenvalue weighted by Crippen LogP contribution is 2.29. The van der Waals surface area contributed by atoms with Crippen LogP contribution in [0.4, 0.5) is 13.2 Å². The molecule has 0 aliphatic heterocycles. The van der Waals surface area contributed by atoms with Crippen LogP contribution < -0.4 is 0 Å². The van der Waals surface area contributed by atoms with E-state index in [1.165, 1.54) is 12.4 Å². The Morgan fingerprint density at radius 2 is 2.05 bits per heavy atom. The van der Waals surface area contributed by atoms with Crippen LogP contribution in [0.2, 0.25) is 0 Å². The number of rotatable bonds is 2. The van der Waals surface area contributed by atoms with Crippen LogP contribution in [0, 0.1) is 6.92 Å². The van der Waals surface area contributed by atoms with Gasteiger partial charge in [0.05, 0.1) is 6.20 Å². The van der Waals surface area contributed by atoms with Crippen molar-refractivity contribution >= 4 is 5.97 Å². The van der Waals surface area contributed by atoms with E-state index in [0.717, 1.165) is 10.7 Å². The maximum atomic E-state index is 12.6. The number of pyridine rings is 1. The number of carbonyl (C=O) groups is 1. The Morgan fingerprint density at radius 3 is 2.53 bits per heavy atom. The molecule has 0 saturated carbocycles. The highest BCUT2D eigenvalue weighted by Gasteiger charge is 2.33. The van der Waals surface area contributed by atoms with E-state index in [4.69, 9.17) is 5.11 Å². The lowest BCUT2D eigenvalue weighted by molar-refractivity contribution is -0.141. The second-order valence-electron chi connectivity index (χ2n) is 3.83. The average Bonchev–Trinajstić information content (AvgIpc) is 2.73.